The van der Waals surface area contributed by atoms with Gasteiger partial charge >= 0.3 is 0 Å². The van der Waals surface area contributed by atoms with Crippen molar-refractivity contribution >= 4 is 5.91 Å². The molecule has 1 unspecified atom stereocenters. The lowest BCUT2D eigenvalue weighted by Crippen LogP contribution is -2.50. The zero-order valence-corrected chi connectivity index (χ0v) is 13.3. The van der Waals surface area contributed by atoms with E-state index in [9.17, 15) is 4.79 Å². The Morgan fingerprint density at radius 3 is 2.14 bits per heavy atom. The van der Waals surface area contributed by atoms with Crippen LogP contribution < -0.4 is 5.73 Å². The highest BCUT2D eigenvalue weighted by atomic mass is 16.2. The summed E-state index contributed by atoms with van der Waals surface area (Å²) in [6.45, 7) is 2.66. The van der Waals surface area contributed by atoms with E-state index in [0.29, 0.717) is 12.1 Å². The van der Waals surface area contributed by atoms with Gasteiger partial charge in [-0.15, -0.1) is 0 Å². The minimum atomic E-state index is -0.303. The maximum Gasteiger partial charge on any atom is 0.254 e. The molecule has 2 aromatic carbocycles. The second kappa shape index (κ2) is 7.23. The molecule has 1 amide bonds. The Morgan fingerprint density at radius 2 is 1.59 bits per heavy atom. The summed E-state index contributed by atoms with van der Waals surface area (Å²) in [5, 5.41) is 0. The van der Waals surface area contributed by atoms with Crippen molar-refractivity contribution in [2.45, 2.75) is 25.3 Å². The van der Waals surface area contributed by atoms with Crippen LogP contribution in [0.5, 0.6) is 0 Å². The number of hydrogen-bond donors (Lipinski definition) is 1. The second-order valence-corrected chi connectivity index (χ2v) is 5.93. The fourth-order valence-electron chi connectivity index (χ4n) is 2.74. The van der Waals surface area contributed by atoms with Crippen molar-refractivity contribution in [1.29, 1.82) is 0 Å². The largest absolute Gasteiger partial charge is 0.336 e. The molecule has 0 heterocycles. The molecule has 0 saturated carbocycles. The van der Waals surface area contributed by atoms with Gasteiger partial charge in [-0.2, -0.15) is 0 Å². The van der Waals surface area contributed by atoms with Gasteiger partial charge < -0.3 is 10.6 Å². The summed E-state index contributed by atoms with van der Waals surface area (Å²) in [5.74, 6) is 0.0347. The van der Waals surface area contributed by atoms with Crippen LogP contribution in [0.4, 0.5) is 0 Å². The molecule has 1 atom stereocenters. The van der Waals surface area contributed by atoms with Crippen LogP contribution in [0.2, 0.25) is 0 Å². The van der Waals surface area contributed by atoms with Crippen LogP contribution in [0.3, 0.4) is 0 Å². The van der Waals surface area contributed by atoms with E-state index in [4.69, 9.17) is 5.73 Å². The normalized spacial score (nSPS) is 13.4. The molecular weight excluding hydrogens is 272 g/mol. The van der Waals surface area contributed by atoms with Crippen molar-refractivity contribution in [3.63, 3.8) is 0 Å². The SMILES string of the molecule is CN(C(=O)c1ccccc1)C(C)(CCN)Cc1ccccc1. The van der Waals surface area contributed by atoms with Gasteiger partial charge in [-0.25, -0.2) is 0 Å². The van der Waals surface area contributed by atoms with Gasteiger partial charge in [0.1, 0.15) is 0 Å². The molecule has 3 nitrogen and oxygen atoms in total. The summed E-state index contributed by atoms with van der Waals surface area (Å²) in [6, 6.07) is 19.6. The van der Waals surface area contributed by atoms with Crippen LogP contribution >= 0.6 is 0 Å². The van der Waals surface area contributed by atoms with Gasteiger partial charge in [-0.05, 0) is 44.0 Å². The Morgan fingerprint density at radius 1 is 1.05 bits per heavy atom. The Hall–Kier alpha value is -2.13. The van der Waals surface area contributed by atoms with Crippen LogP contribution in [0, 0.1) is 0 Å². The highest BCUT2D eigenvalue weighted by Crippen LogP contribution is 2.25. The third kappa shape index (κ3) is 3.74. The summed E-state index contributed by atoms with van der Waals surface area (Å²) in [6.07, 6.45) is 1.55. The van der Waals surface area contributed by atoms with E-state index in [-0.39, 0.29) is 11.4 Å². The molecule has 0 radical (unpaired) electrons. The van der Waals surface area contributed by atoms with Crippen LogP contribution in [0.15, 0.2) is 60.7 Å². The lowest BCUT2D eigenvalue weighted by atomic mass is 9.87. The van der Waals surface area contributed by atoms with Crippen LogP contribution in [-0.4, -0.2) is 29.9 Å². The van der Waals surface area contributed by atoms with E-state index in [0.717, 1.165) is 12.8 Å². The molecule has 0 saturated heterocycles. The number of nitrogens with zero attached hydrogens (tertiary/aromatic N) is 1. The Bertz CT molecular complexity index is 597. The molecule has 0 fully saturated rings. The Labute approximate surface area is 132 Å². The van der Waals surface area contributed by atoms with Crippen molar-refractivity contribution in [2.24, 2.45) is 5.73 Å². The van der Waals surface area contributed by atoms with Gasteiger partial charge in [-0.3, -0.25) is 4.79 Å². The second-order valence-electron chi connectivity index (χ2n) is 5.93. The van der Waals surface area contributed by atoms with Crippen LogP contribution in [0.25, 0.3) is 0 Å². The first-order valence-electron chi connectivity index (χ1n) is 7.64. The maximum atomic E-state index is 12.7. The van der Waals surface area contributed by atoms with E-state index in [1.54, 1.807) is 0 Å². The first-order valence-corrected chi connectivity index (χ1v) is 7.64. The third-order valence-corrected chi connectivity index (χ3v) is 4.25. The first-order chi connectivity index (χ1) is 10.6. The molecule has 0 aliphatic carbocycles. The molecule has 0 aliphatic rings. The molecule has 0 aliphatic heterocycles. The fraction of sp³-hybridized carbons (Fsp3) is 0.316. The molecular formula is C19H24N2O. The van der Waals surface area contributed by atoms with Gasteiger partial charge in [0.25, 0.3) is 5.91 Å². The molecule has 0 spiro atoms. The summed E-state index contributed by atoms with van der Waals surface area (Å²) < 4.78 is 0. The average molecular weight is 296 g/mol. The van der Waals surface area contributed by atoms with E-state index in [2.05, 4.69) is 19.1 Å². The van der Waals surface area contributed by atoms with Gasteiger partial charge in [0.15, 0.2) is 0 Å². The molecule has 2 rings (SSSR count). The minimum Gasteiger partial charge on any atom is -0.336 e. The smallest absolute Gasteiger partial charge is 0.254 e. The van der Waals surface area contributed by atoms with Gasteiger partial charge in [0.05, 0.1) is 0 Å². The number of carbonyl (C=O) groups excluding carboxylic acids is 1. The number of likely N-dealkylation sites (N-methyl/N-ethyl adjacent to an activating group) is 1. The Balaban J connectivity index is 2.24. The standard InChI is InChI=1S/C19H24N2O/c1-19(13-14-20,15-16-9-5-3-6-10-16)21(2)18(22)17-11-7-4-8-12-17/h3-12H,13-15,20H2,1-2H3. The van der Waals surface area contributed by atoms with Crippen molar-refractivity contribution < 1.29 is 4.79 Å². The number of benzene rings is 2. The summed E-state index contributed by atoms with van der Waals surface area (Å²) in [7, 11) is 1.87. The van der Waals surface area contributed by atoms with Crippen LogP contribution in [0.1, 0.15) is 29.3 Å². The topological polar surface area (TPSA) is 46.3 Å². The van der Waals surface area contributed by atoms with Crippen molar-refractivity contribution in [1.82, 2.24) is 4.90 Å². The first kappa shape index (κ1) is 16.2. The van der Waals surface area contributed by atoms with E-state index < -0.39 is 0 Å². The fourth-order valence-corrected chi connectivity index (χ4v) is 2.74. The zero-order chi connectivity index (χ0) is 16.0. The van der Waals surface area contributed by atoms with Crippen molar-refractivity contribution in [3.8, 4) is 0 Å². The van der Waals surface area contributed by atoms with E-state index >= 15 is 0 Å². The van der Waals surface area contributed by atoms with Crippen molar-refractivity contribution in [3.05, 3.63) is 71.8 Å². The maximum absolute atomic E-state index is 12.7. The number of hydrogen-bond acceptors (Lipinski definition) is 2. The minimum absolute atomic E-state index is 0.0347. The molecule has 2 aromatic rings. The predicted octanol–water partition coefficient (Wildman–Crippen LogP) is 3.11. The molecule has 3 heteroatoms. The van der Waals surface area contributed by atoms with E-state index in [1.807, 2.05) is 60.5 Å². The summed E-state index contributed by atoms with van der Waals surface area (Å²) in [5.41, 5.74) is 7.43. The lowest BCUT2D eigenvalue weighted by molar-refractivity contribution is 0.0580. The number of amides is 1. The third-order valence-electron chi connectivity index (χ3n) is 4.25. The van der Waals surface area contributed by atoms with Gasteiger partial charge in [0.2, 0.25) is 0 Å². The highest BCUT2D eigenvalue weighted by Gasteiger charge is 2.32. The summed E-state index contributed by atoms with van der Waals surface area (Å²) in [4.78, 5) is 14.6. The molecule has 116 valence electrons. The lowest BCUT2D eigenvalue weighted by Gasteiger charge is -2.39. The molecule has 2 N–H and O–H groups in total. The van der Waals surface area contributed by atoms with E-state index in [1.165, 1.54) is 5.56 Å². The van der Waals surface area contributed by atoms with Crippen molar-refractivity contribution in [2.75, 3.05) is 13.6 Å². The molecule has 22 heavy (non-hydrogen) atoms. The van der Waals surface area contributed by atoms with Gasteiger partial charge in [-0.1, -0.05) is 48.5 Å². The molecule has 0 aromatic heterocycles. The van der Waals surface area contributed by atoms with Crippen LogP contribution in [-0.2, 0) is 6.42 Å². The Kier molecular flexibility index (Phi) is 5.34. The highest BCUT2D eigenvalue weighted by molar-refractivity contribution is 5.94. The number of rotatable bonds is 6. The molecule has 0 bridgehead atoms. The number of nitrogens with two attached hydrogens (primary N) is 1. The number of carbonyl (C=O) groups is 1. The summed E-state index contributed by atoms with van der Waals surface area (Å²) >= 11 is 0. The zero-order valence-electron chi connectivity index (χ0n) is 13.3. The monoisotopic (exact) mass is 296 g/mol. The predicted molar refractivity (Wildman–Crippen MR) is 90.8 cm³/mol. The van der Waals surface area contributed by atoms with Gasteiger partial charge in [0, 0.05) is 18.2 Å². The quantitative estimate of drug-likeness (QED) is 0.890. The average Bonchev–Trinajstić information content (AvgIpc) is 2.55.